The second kappa shape index (κ2) is 8.98. The molecular formula is C15H20N2O2. The number of carbonyl (C=O) groups is 1. The average molecular weight is 260 g/mol. The van der Waals surface area contributed by atoms with E-state index in [2.05, 4.69) is 18.3 Å². The summed E-state index contributed by atoms with van der Waals surface area (Å²) >= 11 is 0. The quantitative estimate of drug-likeness (QED) is 0.764. The van der Waals surface area contributed by atoms with Gasteiger partial charge in [-0.05, 0) is 12.0 Å². The lowest BCUT2D eigenvalue weighted by Gasteiger charge is -2.11. The molecule has 1 aromatic carbocycles. The highest BCUT2D eigenvalue weighted by molar-refractivity contribution is 5.68. The van der Waals surface area contributed by atoms with E-state index in [1.165, 1.54) is 0 Å². The summed E-state index contributed by atoms with van der Waals surface area (Å²) in [6, 6.07) is 11.1. The van der Waals surface area contributed by atoms with Crippen molar-refractivity contribution in [3.63, 3.8) is 0 Å². The van der Waals surface area contributed by atoms with E-state index in [-0.39, 0.29) is 6.61 Å². The smallest absolute Gasteiger partial charge is 0.408 e. The van der Waals surface area contributed by atoms with Crippen LogP contribution in [0.25, 0.3) is 0 Å². The van der Waals surface area contributed by atoms with Crippen molar-refractivity contribution in [3.8, 4) is 6.07 Å². The van der Waals surface area contributed by atoms with Gasteiger partial charge in [0.1, 0.15) is 12.6 Å². The molecule has 0 fully saturated rings. The summed E-state index contributed by atoms with van der Waals surface area (Å²) in [6.45, 7) is 2.32. The van der Waals surface area contributed by atoms with Crippen LogP contribution < -0.4 is 5.32 Å². The van der Waals surface area contributed by atoms with Gasteiger partial charge in [-0.3, -0.25) is 0 Å². The highest BCUT2D eigenvalue weighted by Gasteiger charge is 2.11. The third-order valence-electron chi connectivity index (χ3n) is 2.76. The van der Waals surface area contributed by atoms with Gasteiger partial charge in [-0.15, -0.1) is 0 Å². The van der Waals surface area contributed by atoms with E-state index in [1.54, 1.807) is 0 Å². The minimum absolute atomic E-state index is 0.222. The van der Waals surface area contributed by atoms with Crippen LogP contribution in [0.3, 0.4) is 0 Å². The van der Waals surface area contributed by atoms with E-state index in [9.17, 15) is 4.79 Å². The van der Waals surface area contributed by atoms with Crippen molar-refractivity contribution in [3.05, 3.63) is 35.9 Å². The van der Waals surface area contributed by atoms with Crippen LogP contribution in [0.1, 0.15) is 38.2 Å². The van der Waals surface area contributed by atoms with Crippen molar-refractivity contribution < 1.29 is 9.53 Å². The van der Waals surface area contributed by atoms with Gasteiger partial charge < -0.3 is 10.1 Å². The Bertz CT molecular complexity index is 412. The zero-order valence-corrected chi connectivity index (χ0v) is 11.3. The van der Waals surface area contributed by atoms with Crippen LogP contribution in [0.2, 0.25) is 0 Å². The summed E-state index contributed by atoms with van der Waals surface area (Å²) < 4.78 is 5.07. The predicted octanol–water partition coefficient (Wildman–Crippen LogP) is 3.39. The van der Waals surface area contributed by atoms with E-state index in [0.717, 1.165) is 24.8 Å². The molecule has 0 bridgehead atoms. The number of alkyl carbamates (subject to hydrolysis) is 1. The number of rotatable bonds is 7. The summed E-state index contributed by atoms with van der Waals surface area (Å²) in [5.74, 6) is 0. The van der Waals surface area contributed by atoms with Crippen molar-refractivity contribution in [2.75, 3.05) is 0 Å². The molecule has 1 rings (SSSR count). The van der Waals surface area contributed by atoms with Crippen LogP contribution in [0.15, 0.2) is 30.3 Å². The van der Waals surface area contributed by atoms with E-state index < -0.39 is 12.1 Å². The molecule has 0 saturated carbocycles. The highest BCUT2D eigenvalue weighted by atomic mass is 16.5. The molecule has 0 heterocycles. The van der Waals surface area contributed by atoms with Crippen LogP contribution in [0.5, 0.6) is 0 Å². The van der Waals surface area contributed by atoms with Crippen LogP contribution >= 0.6 is 0 Å². The molecule has 0 spiro atoms. The van der Waals surface area contributed by atoms with Gasteiger partial charge in [-0.25, -0.2) is 4.79 Å². The van der Waals surface area contributed by atoms with Crippen LogP contribution in [0.4, 0.5) is 4.79 Å². The van der Waals surface area contributed by atoms with Crippen LogP contribution in [-0.2, 0) is 11.3 Å². The molecule has 1 amide bonds. The van der Waals surface area contributed by atoms with Crippen molar-refractivity contribution >= 4 is 6.09 Å². The molecule has 19 heavy (non-hydrogen) atoms. The third-order valence-corrected chi connectivity index (χ3v) is 2.76. The number of hydrogen-bond acceptors (Lipinski definition) is 3. The second-order valence-corrected chi connectivity index (χ2v) is 4.38. The number of nitrogens with zero attached hydrogens (tertiary/aromatic N) is 1. The number of nitriles is 1. The van der Waals surface area contributed by atoms with Crippen LogP contribution in [-0.4, -0.2) is 12.1 Å². The van der Waals surface area contributed by atoms with Crippen molar-refractivity contribution in [2.24, 2.45) is 0 Å². The summed E-state index contributed by atoms with van der Waals surface area (Å²) in [6.07, 6.45) is 3.24. The van der Waals surface area contributed by atoms with Gasteiger partial charge >= 0.3 is 6.09 Å². The Morgan fingerprint density at radius 1 is 1.37 bits per heavy atom. The Morgan fingerprint density at radius 3 is 2.74 bits per heavy atom. The van der Waals surface area contributed by atoms with E-state index in [4.69, 9.17) is 10.00 Å². The first-order valence-electron chi connectivity index (χ1n) is 6.63. The first-order chi connectivity index (χ1) is 9.26. The first kappa shape index (κ1) is 15.0. The molecule has 0 radical (unpaired) electrons. The minimum atomic E-state index is -0.535. The fourth-order valence-electron chi connectivity index (χ4n) is 1.67. The molecule has 1 N–H and O–H groups in total. The fraction of sp³-hybridized carbons (Fsp3) is 0.467. The van der Waals surface area contributed by atoms with Crippen molar-refractivity contribution in [1.82, 2.24) is 5.32 Å². The first-order valence-corrected chi connectivity index (χ1v) is 6.63. The molecule has 1 unspecified atom stereocenters. The van der Waals surface area contributed by atoms with Crippen LogP contribution in [0, 0.1) is 11.3 Å². The molecule has 0 saturated heterocycles. The van der Waals surface area contributed by atoms with Gasteiger partial charge in [-0.1, -0.05) is 56.5 Å². The predicted molar refractivity (Wildman–Crippen MR) is 73.3 cm³/mol. The van der Waals surface area contributed by atoms with Gasteiger partial charge in [0.25, 0.3) is 0 Å². The molecule has 0 aliphatic carbocycles. The van der Waals surface area contributed by atoms with Gasteiger partial charge in [0.2, 0.25) is 0 Å². The maximum absolute atomic E-state index is 11.5. The topological polar surface area (TPSA) is 62.1 Å². The Labute approximate surface area is 114 Å². The Hall–Kier alpha value is -2.02. The largest absolute Gasteiger partial charge is 0.445 e. The summed E-state index contributed by atoms with van der Waals surface area (Å²) in [5, 5.41) is 11.5. The summed E-state index contributed by atoms with van der Waals surface area (Å²) in [7, 11) is 0. The molecule has 1 aromatic rings. The highest BCUT2D eigenvalue weighted by Crippen LogP contribution is 2.04. The van der Waals surface area contributed by atoms with Gasteiger partial charge in [0.15, 0.2) is 0 Å². The van der Waals surface area contributed by atoms with Gasteiger partial charge in [0, 0.05) is 0 Å². The minimum Gasteiger partial charge on any atom is -0.445 e. The fourth-order valence-corrected chi connectivity index (χ4v) is 1.67. The molecule has 0 aromatic heterocycles. The Morgan fingerprint density at radius 2 is 2.11 bits per heavy atom. The Kier molecular flexibility index (Phi) is 7.11. The lowest BCUT2D eigenvalue weighted by atomic mass is 10.1. The number of benzene rings is 1. The molecule has 0 aliphatic heterocycles. The van der Waals surface area contributed by atoms with Crippen molar-refractivity contribution in [2.45, 2.75) is 45.3 Å². The number of ether oxygens (including phenoxy) is 1. The number of carbonyl (C=O) groups excluding carboxylic acids is 1. The molecule has 4 nitrogen and oxygen atoms in total. The number of hydrogen-bond donors (Lipinski definition) is 1. The lowest BCUT2D eigenvalue weighted by molar-refractivity contribution is 0.137. The summed E-state index contributed by atoms with van der Waals surface area (Å²) in [5.41, 5.74) is 0.928. The monoisotopic (exact) mass is 260 g/mol. The molecular weight excluding hydrogens is 240 g/mol. The average Bonchev–Trinajstić information content (AvgIpc) is 2.45. The van der Waals surface area contributed by atoms with E-state index >= 15 is 0 Å². The number of nitrogens with one attached hydrogen (secondary N) is 1. The third kappa shape index (κ3) is 6.46. The van der Waals surface area contributed by atoms with Gasteiger partial charge in [0.05, 0.1) is 6.07 Å². The molecule has 102 valence electrons. The maximum atomic E-state index is 11.5. The second-order valence-electron chi connectivity index (χ2n) is 4.38. The van der Waals surface area contributed by atoms with Crippen molar-refractivity contribution in [1.29, 1.82) is 5.26 Å². The van der Waals surface area contributed by atoms with Gasteiger partial charge in [-0.2, -0.15) is 5.26 Å². The SMILES string of the molecule is CCCCCC(C#N)NC(=O)OCc1ccccc1. The molecule has 1 atom stereocenters. The Balaban J connectivity index is 2.27. The number of amides is 1. The lowest BCUT2D eigenvalue weighted by Crippen LogP contribution is -2.34. The summed E-state index contributed by atoms with van der Waals surface area (Å²) in [4.78, 5) is 11.5. The maximum Gasteiger partial charge on any atom is 0.408 e. The standard InChI is InChI=1S/C15H20N2O2/c1-2-3-5-10-14(11-16)17-15(18)19-12-13-8-6-4-7-9-13/h4,6-9,14H,2-3,5,10,12H2,1H3,(H,17,18). The van der Waals surface area contributed by atoms with E-state index in [1.807, 2.05) is 30.3 Å². The normalized spacial score (nSPS) is 11.4. The van der Waals surface area contributed by atoms with E-state index in [0.29, 0.717) is 6.42 Å². The molecule has 0 aliphatic rings. The number of unbranched alkanes of at least 4 members (excludes halogenated alkanes) is 2. The zero-order chi connectivity index (χ0) is 13.9. The molecule has 4 heteroatoms. The zero-order valence-electron chi connectivity index (χ0n) is 11.3.